The first-order chi connectivity index (χ1) is 10.4. The van der Waals surface area contributed by atoms with Crippen molar-refractivity contribution < 1.29 is 39.4 Å². The minimum atomic E-state index is -1.50. The van der Waals surface area contributed by atoms with Crippen LogP contribution in [0.2, 0.25) is 0 Å². The lowest BCUT2D eigenvalue weighted by molar-refractivity contribution is -0.277. The molecule has 0 bridgehead atoms. The molecule has 1 aliphatic heterocycles. The van der Waals surface area contributed by atoms with Crippen LogP contribution in [0.15, 0.2) is 24.3 Å². The SMILES string of the molecule is CC(=O)Oc1ccc(O[C@H]2O[C@H](CO)[C@H](O)[C@H](O)[C@H]2O)cc1. The highest BCUT2D eigenvalue weighted by atomic mass is 16.7. The van der Waals surface area contributed by atoms with Crippen LogP contribution in [0.5, 0.6) is 11.5 Å². The molecule has 0 aliphatic carbocycles. The number of ether oxygens (including phenoxy) is 3. The van der Waals surface area contributed by atoms with Crippen LogP contribution >= 0.6 is 0 Å². The molecule has 0 amide bonds. The number of benzene rings is 1. The van der Waals surface area contributed by atoms with Gasteiger partial charge in [-0.2, -0.15) is 0 Å². The molecule has 1 heterocycles. The number of aliphatic hydroxyl groups excluding tert-OH is 4. The number of carbonyl (C=O) groups is 1. The molecule has 5 atom stereocenters. The Morgan fingerprint density at radius 1 is 1.09 bits per heavy atom. The standard InChI is InChI=1S/C14H18O8/c1-7(16)20-8-2-4-9(5-3-8)21-14-13(19)12(18)11(17)10(6-15)22-14/h2-5,10-15,17-19H,6H2,1H3/t10-,11+,12+,13-,14+/m1/s1. The molecule has 8 heteroatoms. The molecule has 1 fully saturated rings. The van der Waals surface area contributed by atoms with Crippen molar-refractivity contribution in [2.24, 2.45) is 0 Å². The van der Waals surface area contributed by atoms with Crippen LogP contribution in [0.4, 0.5) is 0 Å². The Bertz CT molecular complexity index is 500. The third kappa shape index (κ3) is 3.73. The highest BCUT2D eigenvalue weighted by Gasteiger charge is 2.44. The van der Waals surface area contributed by atoms with E-state index in [1.165, 1.54) is 31.2 Å². The second-order valence-corrected chi connectivity index (χ2v) is 4.88. The van der Waals surface area contributed by atoms with E-state index in [0.29, 0.717) is 11.5 Å². The molecule has 1 saturated heterocycles. The highest BCUT2D eigenvalue weighted by Crippen LogP contribution is 2.25. The third-order valence-corrected chi connectivity index (χ3v) is 3.19. The Labute approximate surface area is 126 Å². The molecule has 122 valence electrons. The molecule has 1 aliphatic rings. The first-order valence-electron chi connectivity index (χ1n) is 6.68. The van der Waals surface area contributed by atoms with Crippen molar-refractivity contribution in [1.82, 2.24) is 0 Å². The van der Waals surface area contributed by atoms with Crippen LogP contribution in [0, 0.1) is 0 Å². The Balaban J connectivity index is 2.04. The van der Waals surface area contributed by atoms with Gasteiger partial charge in [-0.15, -0.1) is 0 Å². The van der Waals surface area contributed by atoms with Gasteiger partial charge in [-0.25, -0.2) is 0 Å². The number of hydrogen-bond donors (Lipinski definition) is 4. The zero-order chi connectivity index (χ0) is 16.3. The molecule has 0 aromatic heterocycles. The molecule has 0 spiro atoms. The third-order valence-electron chi connectivity index (χ3n) is 3.19. The monoisotopic (exact) mass is 314 g/mol. The molecular formula is C14H18O8. The molecule has 22 heavy (non-hydrogen) atoms. The molecule has 0 saturated carbocycles. The van der Waals surface area contributed by atoms with Crippen molar-refractivity contribution in [3.63, 3.8) is 0 Å². The molecule has 1 aromatic carbocycles. The van der Waals surface area contributed by atoms with Gasteiger partial charge >= 0.3 is 5.97 Å². The molecule has 1 aromatic rings. The van der Waals surface area contributed by atoms with Crippen molar-refractivity contribution in [3.8, 4) is 11.5 Å². The van der Waals surface area contributed by atoms with Gasteiger partial charge in [-0.05, 0) is 24.3 Å². The molecule has 2 rings (SSSR count). The quantitative estimate of drug-likeness (QED) is 0.403. The van der Waals surface area contributed by atoms with Crippen LogP contribution in [-0.2, 0) is 9.53 Å². The Hall–Kier alpha value is -1.71. The van der Waals surface area contributed by atoms with Gasteiger partial charge in [0.1, 0.15) is 35.9 Å². The molecule has 4 N–H and O–H groups in total. The maximum absolute atomic E-state index is 10.8. The summed E-state index contributed by atoms with van der Waals surface area (Å²) in [6.45, 7) is 0.745. The number of rotatable bonds is 4. The highest BCUT2D eigenvalue weighted by molar-refractivity contribution is 5.69. The van der Waals surface area contributed by atoms with Crippen molar-refractivity contribution in [1.29, 1.82) is 0 Å². The predicted molar refractivity (Wildman–Crippen MR) is 72.1 cm³/mol. The zero-order valence-corrected chi connectivity index (χ0v) is 11.8. The second-order valence-electron chi connectivity index (χ2n) is 4.88. The van der Waals surface area contributed by atoms with Crippen molar-refractivity contribution in [2.45, 2.75) is 37.6 Å². The minimum Gasteiger partial charge on any atom is -0.462 e. The van der Waals surface area contributed by atoms with Gasteiger partial charge in [0.25, 0.3) is 0 Å². The summed E-state index contributed by atoms with van der Waals surface area (Å²) in [6, 6.07) is 5.95. The summed E-state index contributed by atoms with van der Waals surface area (Å²) in [7, 11) is 0. The van der Waals surface area contributed by atoms with Gasteiger partial charge in [0.2, 0.25) is 6.29 Å². The average molecular weight is 314 g/mol. The van der Waals surface area contributed by atoms with Gasteiger partial charge in [-0.3, -0.25) is 4.79 Å². The first kappa shape index (κ1) is 16.7. The van der Waals surface area contributed by atoms with Gasteiger partial charge in [-0.1, -0.05) is 0 Å². The van der Waals surface area contributed by atoms with E-state index in [0.717, 1.165) is 0 Å². The minimum absolute atomic E-state index is 0.292. The van der Waals surface area contributed by atoms with Gasteiger partial charge in [0.15, 0.2) is 0 Å². The Kier molecular flexibility index (Phi) is 5.33. The van der Waals surface area contributed by atoms with E-state index >= 15 is 0 Å². The Morgan fingerprint density at radius 3 is 2.23 bits per heavy atom. The van der Waals surface area contributed by atoms with Crippen LogP contribution in [0.3, 0.4) is 0 Å². The van der Waals surface area contributed by atoms with E-state index in [4.69, 9.17) is 19.3 Å². The summed E-state index contributed by atoms with van der Waals surface area (Å²) in [6.07, 6.45) is -6.72. The van der Waals surface area contributed by atoms with Crippen molar-refractivity contribution in [3.05, 3.63) is 24.3 Å². The topological polar surface area (TPSA) is 126 Å². The number of carbonyl (C=O) groups excluding carboxylic acids is 1. The van der Waals surface area contributed by atoms with Crippen molar-refractivity contribution in [2.75, 3.05) is 6.61 Å². The van der Waals surface area contributed by atoms with E-state index in [-0.39, 0.29) is 0 Å². The summed E-state index contributed by atoms with van der Waals surface area (Å²) < 4.78 is 15.5. The lowest BCUT2D eigenvalue weighted by Crippen LogP contribution is -2.60. The van der Waals surface area contributed by atoms with Gasteiger partial charge < -0.3 is 34.6 Å². The molecule has 0 unspecified atom stereocenters. The predicted octanol–water partition coefficient (Wildman–Crippen LogP) is -1.21. The van der Waals surface area contributed by atoms with E-state index in [2.05, 4.69) is 0 Å². The van der Waals surface area contributed by atoms with Gasteiger partial charge in [0, 0.05) is 6.92 Å². The average Bonchev–Trinajstić information content (AvgIpc) is 2.49. The van der Waals surface area contributed by atoms with Crippen LogP contribution in [0.1, 0.15) is 6.92 Å². The maximum atomic E-state index is 10.8. The summed E-state index contributed by atoms with van der Waals surface area (Å²) in [5, 5.41) is 38.3. The smallest absolute Gasteiger partial charge is 0.308 e. The lowest BCUT2D eigenvalue weighted by atomic mass is 9.99. The molecular weight excluding hydrogens is 296 g/mol. The van der Waals surface area contributed by atoms with E-state index in [1.54, 1.807) is 0 Å². The van der Waals surface area contributed by atoms with E-state index < -0.39 is 43.3 Å². The number of hydrogen-bond acceptors (Lipinski definition) is 8. The first-order valence-corrected chi connectivity index (χ1v) is 6.68. The molecule has 8 nitrogen and oxygen atoms in total. The second kappa shape index (κ2) is 7.03. The number of aliphatic hydroxyl groups is 4. The Morgan fingerprint density at radius 2 is 1.68 bits per heavy atom. The van der Waals surface area contributed by atoms with Crippen LogP contribution < -0.4 is 9.47 Å². The van der Waals surface area contributed by atoms with Crippen LogP contribution in [0.25, 0.3) is 0 Å². The van der Waals surface area contributed by atoms with Crippen molar-refractivity contribution >= 4 is 5.97 Å². The summed E-state index contributed by atoms with van der Waals surface area (Å²) >= 11 is 0. The summed E-state index contributed by atoms with van der Waals surface area (Å²) in [4.78, 5) is 10.8. The van der Waals surface area contributed by atoms with E-state index in [9.17, 15) is 20.1 Å². The molecule has 0 radical (unpaired) electrons. The fraction of sp³-hybridized carbons (Fsp3) is 0.500. The fourth-order valence-electron chi connectivity index (χ4n) is 2.05. The van der Waals surface area contributed by atoms with E-state index in [1.807, 2.05) is 0 Å². The van der Waals surface area contributed by atoms with Crippen LogP contribution in [-0.4, -0.2) is 63.7 Å². The fourth-order valence-corrected chi connectivity index (χ4v) is 2.05. The zero-order valence-electron chi connectivity index (χ0n) is 11.8. The summed E-state index contributed by atoms with van der Waals surface area (Å²) in [5.41, 5.74) is 0. The summed E-state index contributed by atoms with van der Waals surface area (Å²) in [5.74, 6) is 0.163. The maximum Gasteiger partial charge on any atom is 0.308 e. The number of esters is 1. The van der Waals surface area contributed by atoms with Gasteiger partial charge in [0.05, 0.1) is 6.61 Å². The largest absolute Gasteiger partial charge is 0.462 e. The lowest BCUT2D eigenvalue weighted by Gasteiger charge is -2.39. The normalized spacial score (nSPS) is 31.6.